The van der Waals surface area contributed by atoms with Gasteiger partial charge in [-0.25, -0.2) is 0 Å². The highest BCUT2D eigenvalue weighted by molar-refractivity contribution is 7.86. The van der Waals surface area contributed by atoms with Crippen LogP contribution in [0.1, 0.15) is 68.9 Å². The molecule has 4 rings (SSSR count). The molecule has 0 spiro atoms. The summed E-state index contributed by atoms with van der Waals surface area (Å²) in [6.45, 7) is 5.57. The summed E-state index contributed by atoms with van der Waals surface area (Å²) < 4.78 is 34.9. The molecule has 1 aliphatic carbocycles. The minimum absolute atomic E-state index is 0.153. The molecule has 2 N–H and O–H groups in total. The van der Waals surface area contributed by atoms with E-state index in [-0.39, 0.29) is 5.75 Å². The quantitative estimate of drug-likeness (QED) is 0.594. The number of nitrogens with zero attached hydrogens (tertiary/aromatic N) is 1. The molecule has 1 amide bonds. The Kier molecular flexibility index (Phi) is 7.12. The highest BCUT2D eigenvalue weighted by Gasteiger charge is 2.45. The van der Waals surface area contributed by atoms with Crippen molar-refractivity contribution in [1.82, 2.24) is 4.90 Å². The maximum atomic E-state index is 12.0. The number of nitrogens with two attached hydrogens (primary N) is 1. The molecule has 0 bridgehead atoms. The van der Waals surface area contributed by atoms with Crippen LogP contribution in [0.15, 0.2) is 18.2 Å². The lowest BCUT2D eigenvalue weighted by Crippen LogP contribution is -2.50. The largest absolute Gasteiger partial charge is 0.493 e. The van der Waals surface area contributed by atoms with Gasteiger partial charge < -0.3 is 15.4 Å². The number of likely N-dealkylation sites (tertiary alicyclic amines) is 1. The number of rotatable bonds is 8. The second-order valence-corrected chi connectivity index (χ2v) is 11.4. The molecule has 3 aliphatic rings. The molecule has 32 heavy (non-hydrogen) atoms. The summed E-state index contributed by atoms with van der Waals surface area (Å²) in [5, 5.41) is 0. The van der Waals surface area contributed by atoms with Crippen molar-refractivity contribution in [3.63, 3.8) is 0 Å². The smallest absolute Gasteiger partial charge is 0.268 e. The van der Waals surface area contributed by atoms with Gasteiger partial charge in [-0.3, -0.25) is 8.98 Å². The molecule has 2 aliphatic heterocycles. The molecule has 2 fully saturated rings. The molecule has 0 aromatic heterocycles. The van der Waals surface area contributed by atoms with E-state index in [2.05, 4.69) is 23.1 Å². The maximum absolute atomic E-state index is 12.0. The Morgan fingerprint density at radius 2 is 1.94 bits per heavy atom. The van der Waals surface area contributed by atoms with Gasteiger partial charge in [-0.15, -0.1) is 0 Å². The Morgan fingerprint density at radius 3 is 2.59 bits per heavy atom. The summed E-state index contributed by atoms with van der Waals surface area (Å²) in [5.41, 5.74) is 7.09. The molecule has 1 aromatic rings. The number of piperidine rings is 1. The molecule has 0 atom stereocenters. The van der Waals surface area contributed by atoms with Crippen LogP contribution in [0.5, 0.6) is 5.75 Å². The Morgan fingerprint density at radius 1 is 1.22 bits per heavy atom. The predicted octanol–water partition coefficient (Wildman–Crippen LogP) is 2.97. The zero-order valence-electron chi connectivity index (χ0n) is 19.1. The lowest BCUT2D eigenvalue weighted by Gasteiger charge is -2.38. The van der Waals surface area contributed by atoms with Crippen LogP contribution in [0, 0.1) is 5.92 Å². The molecule has 0 unspecified atom stereocenters. The van der Waals surface area contributed by atoms with Crippen molar-refractivity contribution in [1.29, 1.82) is 0 Å². The molecule has 1 saturated carbocycles. The third-order valence-electron chi connectivity index (χ3n) is 7.66. The van der Waals surface area contributed by atoms with Crippen LogP contribution in [0.2, 0.25) is 0 Å². The third kappa shape index (κ3) is 5.13. The predicted molar refractivity (Wildman–Crippen MR) is 123 cm³/mol. The highest BCUT2D eigenvalue weighted by atomic mass is 32.2. The number of fused-ring (bicyclic) bond motifs is 1. The SMILES string of the molecule is CCS(=O)(=O)OC1(C(N)=O)CCC(CCN2CCC(c3cccc4c3CCO4)CC2)CC1. The molecule has 1 saturated heterocycles. The molecule has 1 aromatic carbocycles. The summed E-state index contributed by atoms with van der Waals surface area (Å²) in [7, 11) is -3.72. The van der Waals surface area contributed by atoms with E-state index in [1.54, 1.807) is 0 Å². The zero-order chi connectivity index (χ0) is 22.8. The minimum atomic E-state index is -3.72. The highest BCUT2D eigenvalue weighted by Crippen LogP contribution is 2.39. The third-order valence-corrected chi connectivity index (χ3v) is 8.94. The normalized spacial score (nSPS) is 27.1. The van der Waals surface area contributed by atoms with Crippen LogP contribution in [0.3, 0.4) is 0 Å². The van der Waals surface area contributed by atoms with Gasteiger partial charge in [0, 0.05) is 12.0 Å². The van der Waals surface area contributed by atoms with Crippen molar-refractivity contribution < 1.29 is 22.1 Å². The molecule has 7 nitrogen and oxygen atoms in total. The Balaban J connectivity index is 1.24. The van der Waals surface area contributed by atoms with Crippen LogP contribution in [0.4, 0.5) is 0 Å². The topological polar surface area (TPSA) is 98.9 Å². The fraction of sp³-hybridized carbons (Fsp3) is 0.708. The van der Waals surface area contributed by atoms with Gasteiger partial charge in [0.05, 0.1) is 12.4 Å². The second-order valence-electron chi connectivity index (χ2n) is 9.56. The van der Waals surface area contributed by atoms with E-state index < -0.39 is 21.6 Å². The number of ether oxygens (including phenoxy) is 1. The van der Waals surface area contributed by atoms with Crippen LogP contribution in [0.25, 0.3) is 0 Å². The summed E-state index contributed by atoms with van der Waals surface area (Å²) in [6.07, 6.45) is 6.76. The standard InChI is InChI=1S/C24H36N2O5S/c1-2-32(28,29)31-24(23(25)27)12-6-18(7-13-24)8-14-26-15-9-19(10-16-26)20-4-3-5-22-21(20)11-17-30-22/h3-5,18-19H,2,6-17H2,1H3,(H2,25,27). The lowest BCUT2D eigenvalue weighted by molar-refractivity contribution is -0.136. The number of primary amides is 1. The lowest BCUT2D eigenvalue weighted by atomic mass is 9.77. The van der Waals surface area contributed by atoms with Gasteiger partial charge in [-0.05, 0) is 95.0 Å². The first-order valence-corrected chi connectivity index (χ1v) is 13.6. The monoisotopic (exact) mass is 464 g/mol. The van der Waals surface area contributed by atoms with Gasteiger partial charge in [0.25, 0.3) is 16.0 Å². The molecular formula is C24H36N2O5S. The van der Waals surface area contributed by atoms with E-state index >= 15 is 0 Å². The Bertz CT molecular complexity index is 916. The van der Waals surface area contributed by atoms with E-state index in [1.807, 2.05) is 0 Å². The van der Waals surface area contributed by atoms with Crippen LogP contribution < -0.4 is 10.5 Å². The van der Waals surface area contributed by atoms with E-state index in [0.29, 0.717) is 24.7 Å². The molecule has 178 valence electrons. The van der Waals surface area contributed by atoms with E-state index in [4.69, 9.17) is 14.7 Å². The van der Waals surface area contributed by atoms with Gasteiger partial charge in [0.1, 0.15) is 5.75 Å². The summed E-state index contributed by atoms with van der Waals surface area (Å²) in [4.78, 5) is 14.6. The Labute approximate surface area is 191 Å². The number of hydrogen-bond acceptors (Lipinski definition) is 6. The summed E-state index contributed by atoms with van der Waals surface area (Å²) in [5.74, 6) is 1.35. The molecule has 0 radical (unpaired) electrons. The first-order valence-electron chi connectivity index (χ1n) is 12.0. The van der Waals surface area contributed by atoms with Crippen molar-refractivity contribution >= 4 is 16.0 Å². The van der Waals surface area contributed by atoms with Crippen molar-refractivity contribution in [2.24, 2.45) is 11.7 Å². The molecule has 2 heterocycles. The van der Waals surface area contributed by atoms with Crippen LogP contribution in [-0.4, -0.2) is 56.8 Å². The average molecular weight is 465 g/mol. The molecular weight excluding hydrogens is 428 g/mol. The van der Waals surface area contributed by atoms with E-state index in [0.717, 1.165) is 57.7 Å². The van der Waals surface area contributed by atoms with Gasteiger partial charge in [-0.2, -0.15) is 8.42 Å². The second kappa shape index (κ2) is 9.69. The zero-order valence-corrected chi connectivity index (χ0v) is 19.9. The summed E-state index contributed by atoms with van der Waals surface area (Å²) >= 11 is 0. The van der Waals surface area contributed by atoms with Crippen molar-refractivity contribution in [2.45, 2.75) is 69.8 Å². The Hall–Kier alpha value is -1.64. The van der Waals surface area contributed by atoms with Crippen LogP contribution in [-0.2, 0) is 25.5 Å². The summed E-state index contributed by atoms with van der Waals surface area (Å²) in [6, 6.07) is 6.49. The van der Waals surface area contributed by atoms with Gasteiger partial charge in [0.2, 0.25) is 0 Å². The number of hydrogen-bond donors (Lipinski definition) is 1. The van der Waals surface area contributed by atoms with Crippen LogP contribution >= 0.6 is 0 Å². The van der Waals surface area contributed by atoms with Gasteiger partial charge in [-0.1, -0.05) is 12.1 Å². The number of amides is 1. The van der Waals surface area contributed by atoms with Crippen molar-refractivity contribution in [2.75, 3.05) is 32.0 Å². The van der Waals surface area contributed by atoms with Crippen molar-refractivity contribution in [3.8, 4) is 5.75 Å². The maximum Gasteiger partial charge on any atom is 0.268 e. The fourth-order valence-corrected chi connectivity index (χ4v) is 6.42. The number of carbonyl (C=O) groups is 1. The van der Waals surface area contributed by atoms with E-state index in [1.165, 1.54) is 30.9 Å². The van der Waals surface area contributed by atoms with Gasteiger partial charge >= 0.3 is 0 Å². The minimum Gasteiger partial charge on any atom is -0.493 e. The number of benzene rings is 1. The fourth-order valence-electron chi connectivity index (χ4n) is 5.57. The average Bonchev–Trinajstić information content (AvgIpc) is 3.28. The first-order chi connectivity index (χ1) is 15.3. The first kappa shape index (κ1) is 23.5. The van der Waals surface area contributed by atoms with Crippen molar-refractivity contribution in [3.05, 3.63) is 29.3 Å². The van der Waals surface area contributed by atoms with E-state index in [9.17, 15) is 13.2 Å². The van der Waals surface area contributed by atoms with Gasteiger partial charge in [0.15, 0.2) is 5.60 Å². The number of carbonyl (C=O) groups excluding carboxylic acids is 1. The molecule has 8 heteroatoms.